The fourth-order valence-corrected chi connectivity index (χ4v) is 4.31. The van der Waals surface area contributed by atoms with Crippen molar-refractivity contribution in [3.8, 4) is 0 Å². The highest BCUT2D eigenvalue weighted by Crippen LogP contribution is 2.40. The summed E-state index contributed by atoms with van der Waals surface area (Å²) in [7, 11) is 0. The van der Waals surface area contributed by atoms with Crippen LogP contribution in [0.5, 0.6) is 0 Å². The number of halogens is 3. The number of nitrogens with zero attached hydrogens (tertiary/aromatic N) is 3. The largest absolute Gasteiger partial charge is 0.450 e. The third kappa shape index (κ3) is 4.72. The molecule has 2 aromatic carbocycles. The Hall–Kier alpha value is -2.13. The van der Waals surface area contributed by atoms with Crippen LogP contribution in [0.1, 0.15) is 18.5 Å². The standard InChI is InChI=1S/C21H20Cl3N3O2/c1-3-29-21(28)27-11-10-26(18-9-8-16(23)12-17(18)24)20(19(27)13-25-2)14-4-6-15(22)7-5-14/h4-9,12,19-20H,3,10-11,13H2,1H3/t19-,20?/m1/s1. The Bertz CT molecular complexity index is 914. The number of piperazine rings is 1. The highest BCUT2D eigenvalue weighted by Gasteiger charge is 2.43. The lowest BCUT2D eigenvalue weighted by Gasteiger charge is -2.46. The summed E-state index contributed by atoms with van der Waals surface area (Å²) >= 11 is 18.7. The predicted molar refractivity (Wildman–Crippen MR) is 117 cm³/mol. The lowest BCUT2D eigenvalue weighted by atomic mass is 9.93. The molecular formula is C21H20Cl3N3O2. The Morgan fingerprint density at radius 3 is 2.45 bits per heavy atom. The second-order valence-corrected chi connectivity index (χ2v) is 7.87. The molecule has 3 rings (SSSR count). The Morgan fingerprint density at radius 1 is 1.14 bits per heavy atom. The van der Waals surface area contributed by atoms with Gasteiger partial charge in [0.15, 0.2) is 0 Å². The van der Waals surface area contributed by atoms with Crippen LogP contribution in [-0.4, -0.2) is 43.3 Å². The number of hydrogen-bond donors (Lipinski definition) is 0. The summed E-state index contributed by atoms with van der Waals surface area (Å²) < 4.78 is 5.24. The molecule has 1 saturated heterocycles. The van der Waals surface area contributed by atoms with Crippen LogP contribution >= 0.6 is 34.8 Å². The first kappa shape index (κ1) is 21.6. The second kappa shape index (κ2) is 9.58. The summed E-state index contributed by atoms with van der Waals surface area (Å²) in [5.41, 5.74) is 1.73. The first-order chi connectivity index (χ1) is 14.0. The van der Waals surface area contributed by atoms with Crippen LogP contribution < -0.4 is 4.90 Å². The van der Waals surface area contributed by atoms with E-state index in [2.05, 4.69) is 9.74 Å². The maximum atomic E-state index is 12.6. The molecule has 1 amide bonds. The van der Waals surface area contributed by atoms with Gasteiger partial charge < -0.3 is 14.5 Å². The van der Waals surface area contributed by atoms with Crippen molar-refractivity contribution < 1.29 is 9.53 Å². The molecule has 0 spiro atoms. The zero-order valence-electron chi connectivity index (χ0n) is 15.8. The van der Waals surface area contributed by atoms with Gasteiger partial charge in [0.2, 0.25) is 6.54 Å². The van der Waals surface area contributed by atoms with E-state index in [0.717, 1.165) is 11.3 Å². The van der Waals surface area contributed by atoms with Crippen molar-refractivity contribution in [2.45, 2.75) is 19.0 Å². The van der Waals surface area contributed by atoms with Gasteiger partial charge >= 0.3 is 6.09 Å². The Balaban J connectivity index is 2.09. The number of ether oxygens (including phenoxy) is 1. The van der Waals surface area contributed by atoms with Crippen LogP contribution in [0.25, 0.3) is 4.85 Å². The van der Waals surface area contributed by atoms with Crippen LogP contribution in [0.3, 0.4) is 0 Å². The van der Waals surface area contributed by atoms with Crippen molar-refractivity contribution in [1.82, 2.24) is 4.90 Å². The van der Waals surface area contributed by atoms with Gasteiger partial charge in [-0.2, -0.15) is 0 Å². The molecule has 0 radical (unpaired) electrons. The third-order valence-electron chi connectivity index (χ3n) is 4.89. The van der Waals surface area contributed by atoms with Gasteiger partial charge in [-0.3, -0.25) is 4.90 Å². The number of amides is 1. The van der Waals surface area contributed by atoms with Gasteiger partial charge in [-0.1, -0.05) is 46.9 Å². The smallest absolute Gasteiger partial charge is 0.410 e. The van der Waals surface area contributed by atoms with Gasteiger partial charge in [0.05, 0.1) is 23.4 Å². The van der Waals surface area contributed by atoms with Gasteiger partial charge in [-0.15, -0.1) is 0 Å². The van der Waals surface area contributed by atoms with Gasteiger partial charge in [-0.05, 0) is 42.8 Å². The topological polar surface area (TPSA) is 37.1 Å². The van der Waals surface area contributed by atoms with Crippen LogP contribution in [0.4, 0.5) is 10.5 Å². The summed E-state index contributed by atoms with van der Waals surface area (Å²) in [6, 6.07) is 12.1. The zero-order valence-corrected chi connectivity index (χ0v) is 18.1. The fourth-order valence-electron chi connectivity index (χ4n) is 3.67. The maximum Gasteiger partial charge on any atom is 0.410 e. The van der Waals surface area contributed by atoms with E-state index in [4.69, 9.17) is 46.1 Å². The van der Waals surface area contributed by atoms with Gasteiger partial charge in [0.25, 0.3) is 0 Å². The quantitative estimate of drug-likeness (QED) is 0.538. The minimum Gasteiger partial charge on any atom is -0.450 e. The predicted octanol–water partition coefficient (Wildman–Crippen LogP) is 5.95. The van der Waals surface area contributed by atoms with Crippen LogP contribution in [0.15, 0.2) is 42.5 Å². The van der Waals surface area contributed by atoms with Crippen molar-refractivity contribution in [1.29, 1.82) is 0 Å². The normalized spacial score (nSPS) is 19.0. The minimum absolute atomic E-state index is 0.133. The summed E-state index contributed by atoms with van der Waals surface area (Å²) in [6.07, 6.45) is -0.415. The zero-order chi connectivity index (χ0) is 21.0. The van der Waals surface area contributed by atoms with Crippen molar-refractivity contribution in [3.63, 3.8) is 0 Å². The fraction of sp³-hybridized carbons (Fsp3) is 0.333. The molecular weight excluding hydrogens is 433 g/mol. The summed E-state index contributed by atoms with van der Waals surface area (Å²) in [4.78, 5) is 19.9. The monoisotopic (exact) mass is 451 g/mol. The van der Waals surface area contributed by atoms with E-state index in [0.29, 0.717) is 28.2 Å². The summed E-state index contributed by atoms with van der Waals surface area (Å²) in [6.45, 7) is 10.6. The number of hydrogen-bond acceptors (Lipinski definition) is 3. The molecule has 8 heteroatoms. The Labute approximate surface area is 185 Å². The molecule has 0 aliphatic carbocycles. The van der Waals surface area contributed by atoms with Crippen molar-refractivity contribution in [2.75, 3.05) is 31.1 Å². The van der Waals surface area contributed by atoms with Gasteiger partial charge in [0.1, 0.15) is 6.04 Å². The number of carbonyl (C=O) groups is 1. The molecule has 2 atom stereocenters. The molecule has 0 aromatic heterocycles. The number of anilines is 1. The minimum atomic E-state index is -0.415. The van der Waals surface area contributed by atoms with E-state index < -0.39 is 12.1 Å². The highest BCUT2D eigenvalue weighted by molar-refractivity contribution is 6.36. The molecule has 0 saturated carbocycles. The third-order valence-corrected chi connectivity index (χ3v) is 5.68. The SMILES string of the molecule is [C-]#[N+]C[C@@H]1C(c2ccc(Cl)cc2)N(c2ccc(Cl)cc2Cl)CCN1C(=O)OCC. The maximum absolute atomic E-state index is 12.6. The highest BCUT2D eigenvalue weighted by atomic mass is 35.5. The van der Waals surface area contributed by atoms with E-state index >= 15 is 0 Å². The van der Waals surface area contributed by atoms with Crippen molar-refractivity contribution in [3.05, 3.63) is 74.5 Å². The van der Waals surface area contributed by atoms with Crippen LogP contribution in [0, 0.1) is 6.57 Å². The molecule has 5 nitrogen and oxygen atoms in total. The van der Waals surface area contributed by atoms with Crippen molar-refractivity contribution >= 4 is 46.6 Å². The summed E-state index contributed by atoms with van der Waals surface area (Å²) in [5, 5.41) is 1.68. The number of benzene rings is 2. The van der Waals surface area contributed by atoms with E-state index in [1.807, 2.05) is 18.2 Å². The average molecular weight is 453 g/mol. The molecule has 1 heterocycles. The molecule has 0 N–H and O–H groups in total. The molecule has 2 aromatic rings. The van der Waals surface area contributed by atoms with E-state index in [9.17, 15) is 4.79 Å². The number of rotatable bonds is 4. The van der Waals surface area contributed by atoms with Crippen molar-refractivity contribution in [2.24, 2.45) is 0 Å². The molecule has 29 heavy (non-hydrogen) atoms. The first-order valence-electron chi connectivity index (χ1n) is 9.20. The van der Waals surface area contributed by atoms with Crippen LogP contribution in [0.2, 0.25) is 15.1 Å². The number of carbonyl (C=O) groups excluding carboxylic acids is 1. The molecule has 1 unspecified atom stereocenters. The molecule has 0 bridgehead atoms. The lowest BCUT2D eigenvalue weighted by molar-refractivity contribution is 0.0781. The van der Waals surface area contributed by atoms with Gasteiger partial charge in [-0.25, -0.2) is 11.4 Å². The van der Waals surface area contributed by atoms with E-state index in [1.165, 1.54) is 0 Å². The first-order valence-corrected chi connectivity index (χ1v) is 10.3. The van der Waals surface area contributed by atoms with E-state index in [1.54, 1.807) is 36.1 Å². The van der Waals surface area contributed by atoms with E-state index in [-0.39, 0.29) is 19.2 Å². The molecule has 1 aliphatic rings. The molecule has 152 valence electrons. The second-order valence-electron chi connectivity index (χ2n) is 6.59. The van der Waals surface area contributed by atoms with Gasteiger partial charge in [0, 0.05) is 23.1 Å². The summed E-state index contributed by atoms with van der Waals surface area (Å²) in [5.74, 6) is 0. The Kier molecular flexibility index (Phi) is 7.13. The molecule has 1 fully saturated rings. The van der Waals surface area contributed by atoms with Crippen LogP contribution in [-0.2, 0) is 4.74 Å². The lowest BCUT2D eigenvalue weighted by Crippen LogP contribution is -2.58. The Morgan fingerprint density at radius 2 is 1.83 bits per heavy atom. The molecule has 1 aliphatic heterocycles. The average Bonchev–Trinajstić information content (AvgIpc) is 2.69.